The van der Waals surface area contributed by atoms with Gasteiger partial charge in [0.15, 0.2) is 5.78 Å². The Morgan fingerprint density at radius 2 is 1.92 bits per heavy atom. The molecule has 1 unspecified atom stereocenters. The number of ketones is 1. The molecule has 2 heterocycles. The molecule has 3 atom stereocenters. The van der Waals surface area contributed by atoms with E-state index < -0.39 is 50.0 Å². The number of methoxy groups -OCH3 is 1. The number of H-pyrrole nitrogens is 1. The summed E-state index contributed by atoms with van der Waals surface area (Å²) in [7, 11) is -3.42. The van der Waals surface area contributed by atoms with E-state index in [2.05, 4.69) is 25.5 Å². The summed E-state index contributed by atoms with van der Waals surface area (Å²) < 4.78 is 20.7. The number of rotatable bonds is 13. The summed E-state index contributed by atoms with van der Waals surface area (Å²) in [5, 5.41) is 8.60. The monoisotopic (exact) mass is 552 g/mol. The van der Waals surface area contributed by atoms with Gasteiger partial charge >= 0.3 is 7.82 Å². The molecule has 1 saturated heterocycles. The minimum atomic E-state index is -4.93. The Balaban J connectivity index is 1.78. The standard InChI is InChI=1S/C24H33N4O9P/c1-13(2)9-18(28-24(32)19-11-15-16(26-19)5-4-6-21(15)36-3)23(31)27-17(10-14-7-8-25-22(14)30)20(29)12-37-38(33,34)35/h4-6,11,13-14,17-18,26H,7-10,12H2,1-3H3,(H,25,30)(H,27,31)(H,28,32)(H2,33,34,35)/t14?,17-,18-/m0/s1. The van der Waals surface area contributed by atoms with Gasteiger partial charge in [-0.15, -0.1) is 0 Å². The van der Waals surface area contributed by atoms with E-state index in [1.807, 2.05) is 13.8 Å². The van der Waals surface area contributed by atoms with Crippen molar-refractivity contribution < 1.29 is 42.8 Å². The molecule has 1 aliphatic heterocycles. The number of Topliss-reactive ketones (excluding diaryl/α,β-unsaturated/α-hetero) is 1. The Kier molecular flexibility index (Phi) is 9.66. The van der Waals surface area contributed by atoms with Crippen LogP contribution in [0.25, 0.3) is 10.9 Å². The number of aromatic amines is 1. The van der Waals surface area contributed by atoms with Crippen LogP contribution >= 0.6 is 7.82 Å². The summed E-state index contributed by atoms with van der Waals surface area (Å²) >= 11 is 0. The van der Waals surface area contributed by atoms with Crippen molar-refractivity contribution in [3.63, 3.8) is 0 Å². The van der Waals surface area contributed by atoms with Crippen molar-refractivity contribution in [3.8, 4) is 5.75 Å². The van der Waals surface area contributed by atoms with Crippen molar-refractivity contribution in [2.45, 2.75) is 45.2 Å². The maximum atomic E-state index is 13.3. The molecule has 14 heteroatoms. The first kappa shape index (κ1) is 29.3. The molecule has 1 aromatic heterocycles. The lowest BCUT2D eigenvalue weighted by Crippen LogP contribution is -2.53. The predicted octanol–water partition coefficient (Wildman–Crippen LogP) is 1.01. The number of aromatic nitrogens is 1. The van der Waals surface area contributed by atoms with Crippen molar-refractivity contribution >= 4 is 42.2 Å². The van der Waals surface area contributed by atoms with Crippen molar-refractivity contribution in [2.75, 3.05) is 20.3 Å². The Hall–Kier alpha value is -3.25. The van der Waals surface area contributed by atoms with E-state index in [-0.39, 0.29) is 30.4 Å². The zero-order chi connectivity index (χ0) is 28.0. The van der Waals surface area contributed by atoms with Crippen LogP contribution in [0.1, 0.15) is 43.6 Å². The maximum absolute atomic E-state index is 13.3. The second kappa shape index (κ2) is 12.5. The van der Waals surface area contributed by atoms with Crippen LogP contribution < -0.4 is 20.7 Å². The van der Waals surface area contributed by atoms with Crippen LogP contribution in [0.15, 0.2) is 24.3 Å². The van der Waals surface area contributed by atoms with Gasteiger partial charge in [0.1, 0.15) is 24.1 Å². The number of fused-ring (bicyclic) bond motifs is 1. The second-order valence-electron chi connectivity index (χ2n) is 9.56. The van der Waals surface area contributed by atoms with E-state index in [0.29, 0.717) is 29.6 Å². The Morgan fingerprint density at radius 3 is 2.53 bits per heavy atom. The number of amides is 3. The second-order valence-corrected chi connectivity index (χ2v) is 10.8. The van der Waals surface area contributed by atoms with Gasteiger partial charge in [-0.25, -0.2) is 4.57 Å². The minimum Gasteiger partial charge on any atom is -0.496 e. The normalized spacial score (nSPS) is 17.2. The molecule has 3 rings (SSSR count). The molecule has 1 fully saturated rings. The molecule has 1 aromatic carbocycles. The fourth-order valence-electron chi connectivity index (χ4n) is 4.31. The Bertz CT molecular complexity index is 1240. The molecule has 2 aromatic rings. The fourth-order valence-corrected chi connectivity index (χ4v) is 4.61. The van der Waals surface area contributed by atoms with Crippen LogP contribution in [0.5, 0.6) is 5.75 Å². The quantitative estimate of drug-likeness (QED) is 0.197. The molecule has 0 bridgehead atoms. The highest BCUT2D eigenvalue weighted by Gasteiger charge is 2.34. The third kappa shape index (κ3) is 7.87. The molecule has 3 amide bonds. The minimum absolute atomic E-state index is 0.0124. The van der Waals surface area contributed by atoms with Gasteiger partial charge in [0.2, 0.25) is 11.8 Å². The molecule has 0 spiro atoms. The molecule has 38 heavy (non-hydrogen) atoms. The molecule has 13 nitrogen and oxygen atoms in total. The highest BCUT2D eigenvalue weighted by molar-refractivity contribution is 7.46. The number of benzene rings is 1. The average Bonchev–Trinajstić information content (AvgIpc) is 3.46. The Morgan fingerprint density at radius 1 is 1.18 bits per heavy atom. The number of nitrogens with one attached hydrogen (secondary N) is 4. The molecule has 208 valence electrons. The zero-order valence-electron chi connectivity index (χ0n) is 21.4. The van der Waals surface area contributed by atoms with Gasteiger partial charge in [0, 0.05) is 23.4 Å². The van der Waals surface area contributed by atoms with Gasteiger partial charge in [0.25, 0.3) is 5.91 Å². The van der Waals surface area contributed by atoms with Gasteiger partial charge in [-0.3, -0.25) is 23.7 Å². The average molecular weight is 553 g/mol. The van der Waals surface area contributed by atoms with E-state index in [4.69, 9.17) is 14.5 Å². The summed E-state index contributed by atoms with van der Waals surface area (Å²) in [6.45, 7) is 3.18. The summed E-state index contributed by atoms with van der Waals surface area (Å²) in [6.07, 6.45) is 0.601. The molecule has 0 radical (unpaired) electrons. The highest BCUT2D eigenvalue weighted by atomic mass is 31.2. The van der Waals surface area contributed by atoms with Crippen molar-refractivity contribution in [2.24, 2.45) is 11.8 Å². The van der Waals surface area contributed by atoms with E-state index in [1.54, 1.807) is 24.3 Å². The van der Waals surface area contributed by atoms with Crippen molar-refractivity contribution in [1.29, 1.82) is 0 Å². The predicted molar refractivity (Wildman–Crippen MR) is 136 cm³/mol. The Labute approximate surface area is 219 Å². The van der Waals surface area contributed by atoms with E-state index in [0.717, 1.165) is 0 Å². The number of ether oxygens (including phenoxy) is 1. The third-order valence-corrected chi connectivity index (χ3v) is 6.65. The lowest BCUT2D eigenvalue weighted by atomic mass is 9.95. The van der Waals surface area contributed by atoms with Crippen LogP contribution in [-0.2, 0) is 23.5 Å². The van der Waals surface area contributed by atoms with Crippen LogP contribution in [-0.4, -0.2) is 70.6 Å². The molecular formula is C24H33N4O9P. The van der Waals surface area contributed by atoms with Gasteiger partial charge in [-0.1, -0.05) is 19.9 Å². The van der Waals surface area contributed by atoms with Gasteiger partial charge < -0.3 is 35.5 Å². The summed E-state index contributed by atoms with van der Waals surface area (Å²) in [5.74, 6) is -2.32. The smallest absolute Gasteiger partial charge is 0.470 e. The molecule has 1 aliphatic rings. The first-order valence-corrected chi connectivity index (χ1v) is 13.7. The van der Waals surface area contributed by atoms with E-state index in [9.17, 15) is 23.7 Å². The van der Waals surface area contributed by atoms with Crippen LogP contribution in [0, 0.1) is 11.8 Å². The third-order valence-electron chi connectivity index (χ3n) is 6.18. The number of carbonyl (C=O) groups is 4. The van der Waals surface area contributed by atoms with Gasteiger partial charge in [0.05, 0.1) is 13.2 Å². The number of hydrogen-bond donors (Lipinski definition) is 6. The molecule has 0 aliphatic carbocycles. The lowest BCUT2D eigenvalue weighted by Gasteiger charge is -2.25. The number of phosphoric acid groups is 1. The zero-order valence-corrected chi connectivity index (χ0v) is 22.2. The number of phosphoric ester groups is 1. The van der Waals surface area contributed by atoms with Crippen LogP contribution in [0.3, 0.4) is 0 Å². The summed E-state index contributed by atoms with van der Waals surface area (Å²) in [4.78, 5) is 72.1. The molecule has 6 N–H and O–H groups in total. The van der Waals surface area contributed by atoms with Crippen LogP contribution in [0.4, 0.5) is 0 Å². The topological polar surface area (TPSA) is 196 Å². The maximum Gasteiger partial charge on any atom is 0.470 e. The fraction of sp³-hybridized carbons (Fsp3) is 0.500. The number of carbonyl (C=O) groups excluding carboxylic acids is 4. The van der Waals surface area contributed by atoms with Crippen LogP contribution in [0.2, 0.25) is 0 Å². The van der Waals surface area contributed by atoms with E-state index in [1.165, 1.54) is 7.11 Å². The van der Waals surface area contributed by atoms with Crippen molar-refractivity contribution in [1.82, 2.24) is 20.9 Å². The van der Waals surface area contributed by atoms with Gasteiger partial charge in [-0.2, -0.15) is 0 Å². The molecular weight excluding hydrogens is 519 g/mol. The van der Waals surface area contributed by atoms with E-state index >= 15 is 0 Å². The first-order chi connectivity index (χ1) is 17.9. The summed E-state index contributed by atoms with van der Waals surface area (Å²) in [6, 6.07) is 4.62. The number of hydrogen-bond acceptors (Lipinski definition) is 7. The van der Waals surface area contributed by atoms with Gasteiger partial charge in [-0.05, 0) is 43.4 Å². The lowest BCUT2D eigenvalue weighted by molar-refractivity contribution is -0.131. The highest BCUT2D eigenvalue weighted by Crippen LogP contribution is 2.35. The molecule has 0 saturated carbocycles. The van der Waals surface area contributed by atoms with Crippen molar-refractivity contribution in [3.05, 3.63) is 30.0 Å². The SMILES string of the molecule is COc1cccc2[nH]c(C(=O)N[C@@H](CC(C)C)C(=O)N[C@@H](CC3CCNC3=O)C(=O)COP(=O)(O)O)cc12. The summed E-state index contributed by atoms with van der Waals surface area (Å²) in [5.41, 5.74) is 0.876. The largest absolute Gasteiger partial charge is 0.496 e. The first-order valence-electron chi connectivity index (χ1n) is 12.2.